The Morgan fingerprint density at radius 2 is 1.93 bits per heavy atom. The number of rotatable bonds is 1. The van der Waals surface area contributed by atoms with Gasteiger partial charge in [0, 0.05) is 0 Å². The number of aromatic hydroxyl groups is 1. The lowest BCUT2D eigenvalue weighted by Gasteiger charge is -2.01. The lowest BCUT2D eigenvalue weighted by Crippen LogP contribution is -1.79. The Bertz CT molecular complexity index is 503. The zero-order chi connectivity index (χ0) is 10.1. The Morgan fingerprint density at radius 3 is 2.64 bits per heavy atom. The van der Waals surface area contributed by atoms with E-state index in [0.717, 1.165) is 16.3 Å². The van der Waals surface area contributed by atoms with E-state index in [0.29, 0.717) is 0 Å². The predicted octanol–water partition coefficient (Wildman–Crippen LogP) is 3.33. The fourth-order valence-corrected chi connectivity index (χ4v) is 1.40. The maximum absolute atomic E-state index is 13.0. The Morgan fingerprint density at radius 1 is 1.14 bits per heavy atom. The smallest absolute Gasteiger partial charge is 0.165 e. The molecule has 0 bridgehead atoms. The predicted molar refractivity (Wildman–Crippen MR) is 55.7 cm³/mol. The zero-order valence-corrected chi connectivity index (χ0v) is 7.50. The highest BCUT2D eigenvalue weighted by Crippen LogP contribution is 2.24. The Hall–Kier alpha value is -1.83. The molecule has 0 fully saturated rings. The van der Waals surface area contributed by atoms with Gasteiger partial charge in [-0.25, -0.2) is 4.39 Å². The lowest BCUT2D eigenvalue weighted by molar-refractivity contribution is 0.434. The third-order valence-corrected chi connectivity index (χ3v) is 2.17. The van der Waals surface area contributed by atoms with Gasteiger partial charge in [-0.05, 0) is 34.5 Å². The van der Waals surface area contributed by atoms with Crippen LogP contribution in [0.1, 0.15) is 5.56 Å². The van der Waals surface area contributed by atoms with Crippen molar-refractivity contribution in [2.45, 2.75) is 0 Å². The molecule has 0 saturated carbocycles. The van der Waals surface area contributed by atoms with Crippen LogP contribution in [0, 0.1) is 5.82 Å². The molecule has 0 unspecified atom stereocenters. The van der Waals surface area contributed by atoms with Gasteiger partial charge in [-0.3, -0.25) is 0 Å². The highest BCUT2D eigenvalue weighted by molar-refractivity contribution is 5.86. The molecule has 0 spiro atoms. The SMILES string of the molecule is C=Cc1ccc2cc(O)c(F)cc2c1. The summed E-state index contributed by atoms with van der Waals surface area (Å²) in [6.45, 7) is 3.63. The van der Waals surface area contributed by atoms with Crippen molar-refractivity contribution in [2.75, 3.05) is 0 Å². The van der Waals surface area contributed by atoms with Gasteiger partial charge < -0.3 is 5.11 Å². The van der Waals surface area contributed by atoms with Gasteiger partial charge in [-0.1, -0.05) is 24.8 Å². The summed E-state index contributed by atoms with van der Waals surface area (Å²) < 4.78 is 13.0. The summed E-state index contributed by atoms with van der Waals surface area (Å²) in [5, 5.41) is 10.7. The van der Waals surface area contributed by atoms with Crippen molar-refractivity contribution < 1.29 is 9.50 Å². The zero-order valence-electron chi connectivity index (χ0n) is 7.50. The molecule has 14 heavy (non-hydrogen) atoms. The molecule has 0 aliphatic carbocycles. The molecule has 0 aliphatic rings. The molecule has 0 aromatic heterocycles. The Labute approximate surface area is 81.1 Å². The highest BCUT2D eigenvalue weighted by atomic mass is 19.1. The van der Waals surface area contributed by atoms with Crippen LogP contribution in [0.5, 0.6) is 5.75 Å². The van der Waals surface area contributed by atoms with Crippen molar-refractivity contribution in [3.05, 3.63) is 48.3 Å². The van der Waals surface area contributed by atoms with Crippen molar-refractivity contribution in [1.29, 1.82) is 0 Å². The van der Waals surface area contributed by atoms with Gasteiger partial charge in [0.05, 0.1) is 0 Å². The van der Waals surface area contributed by atoms with Gasteiger partial charge in [0.15, 0.2) is 11.6 Å². The summed E-state index contributed by atoms with van der Waals surface area (Å²) in [6.07, 6.45) is 1.70. The number of hydrogen-bond donors (Lipinski definition) is 1. The minimum atomic E-state index is -0.598. The summed E-state index contributed by atoms with van der Waals surface area (Å²) >= 11 is 0. The summed E-state index contributed by atoms with van der Waals surface area (Å²) in [7, 11) is 0. The quantitative estimate of drug-likeness (QED) is 0.727. The van der Waals surface area contributed by atoms with Gasteiger partial charge in [-0.2, -0.15) is 0 Å². The van der Waals surface area contributed by atoms with Crippen molar-refractivity contribution >= 4 is 16.8 Å². The molecular formula is C12H9FO. The van der Waals surface area contributed by atoms with E-state index in [2.05, 4.69) is 6.58 Å². The first kappa shape index (κ1) is 8.75. The second-order valence-electron chi connectivity index (χ2n) is 3.11. The molecule has 2 aromatic rings. The van der Waals surface area contributed by atoms with E-state index in [-0.39, 0.29) is 5.75 Å². The minimum absolute atomic E-state index is 0.316. The molecule has 0 aliphatic heterocycles. The second kappa shape index (κ2) is 3.14. The molecule has 0 atom stereocenters. The number of benzene rings is 2. The van der Waals surface area contributed by atoms with Crippen LogP contribution in [0.2, 0.25) is 0 Å². The molecular weight excluding hydrogens is 179 g/mol. The summed E-state index contributed by atoms with van der Waals surface area (Å²) in [4.78, 5) is 0. The van der Waals surface area contributed by atoms with Crippen LogP contribution in [0.4, 0.5) is 4.39 Å². The number of fused-ring (bicyclic) bond motifs is 1. The van der Waals surface area contributed by atoms with Crippen LogP contribution in [-0.2, 0) is 0 Å². The largest absolute Gasteiger partial charge is 0.505 e. The van der Waals surface area contributed by atoms with Crippen LogP contribution < -0.4 is 0 Å². The average Bonchev–Trinajstić information content (AvgIpc) is 2.19. The van der Waals surface area contributed by atoms with Crippen molar-refractivity contribution in [3.8, 4) is 5.75 Å². The number of hydrogen-bond acceptors (Lipinski definition) is 1. The first-order chi connectivity index (χ1) is 6.70. The molecule has 70 valence electrons. The molecule has 0 amide bonds. The van der Waals surface area contributed by atoms with Crippen LogP contribution >= 0.6 is 0 Å². The maximum atomic E-state index is 13.0. The van der Waals surface area contributed by atoms with Gasteiger partial charge in [0.2, 0.25) is 0 Å². The Balaban J connectivity index is 2.76. The normalized spacial score (nSPS) is 10.4. The molecule has 0 radical (unpaired) electrons. The van der Waals surface area contributed by atoms with Gasteiger partial charge in [0.1, 0.15) is 0 Å². The van der Waals surface area contributed by atoms with Crippen molar-refractivity contribution in [3.63, 3.8) is 0 Å². The summed E-state index contributed by atoms with van der Waals surface area (Å²) in [5.41, 5.74) is 0.933. The van der Waals surface area contributed by atoms with E-state index < -0.39 is 5.82 Å². The van der Waals surface area contributed by atoms with Crippen molar-refractivity contribution in [2.24, 2.45) is 0 Å². The van der Waals surface area contributed by atoms with E-state index in [1.54, 1.807) is 6.08 Å². The molecule has 1 nitrogen and oxygen atoms in total. The van der Waals surface area contributed by atoms with Gasteiger partial charge in [0.25, 0.3) is 0 Å². The minimum Gasteiger partial charge on any atom is -0.505 e. The fraction of sp³-hybridized carbons (Fsp3) is 0. The average molecular weight is 188 g/mol. The lowest BCUT2D eigenvalue weighted by atomic mass is 10.1. The second-order valence-corrected chi connectivity index (χ2v) is 3.11. The first-order valence-corrected chi connectivity index (χ1v) is 4.25. The topological polar surface area (TPSA) is 20.2 Å². The molecule has 2 aromatic carbocycles. The molecule has 0 heterocycles. The van der Waals surface area contributed by atoms with E-state index >= 15 is 0 Å². The number of phenolic OH excluding ortho intramolecular Hbond substituents is 1. The molecule has 2 rings (SSSR count). The van der Waals surface area contributed by atoms with E-state index in [9.17, 15) is 4.39 Å². The molecule has 0 saturated heterocycles. The Kier molecular flexibility index (Phi) is 1.97. The fourth-order valence-electron chi connectivity index (χ4n) is 1.40. The van der Waals surface area contributed by atoms with E-state index in [4.69, 9.17) is 5.11 Å². The third kappa shape index (κ3) is 1.35. The van der Waals surface area contributed by atoms with Crippen molar-refractivity contribution in [1.82, 2.24) is 0 Å². The molecule has 1 N–H and O–H groups in total. The summed E-state index contributed by atoms with van der Waals surface area (Å²) in [6, 6.07) is 8.25. The monoisotopic (exact) mass is 188 g/mol. The molecule has 2 heteroatoms. The van der Waals surface area contributed by atoms with E-state index in [1.165, 1.54) is 12.1 Å². The van der Waals surface area contributed by atoms with Gasteiger partial charge >= 0.3 is 0 Å². The van der Waals surface area contributed by atoms with Crippen LogP contribution in [-0.4, -0.2) is 5.11 Å². The van der Waals surface area contributed by atoms with Crippen LogP contribution in [0.3, 0.4) is 0 Å². The standard InChI is InChI=1S/C12H9FO/c1-2-8-3-4-9-7-12(14)11(13)6-10(9)5-8/h2-7,14H,1H2. The number of phenols is 1. The third-order valence-electron chi connectivity index (χ3n) is 2.17. The maximum Gasteiger partial charge on any atom is 0.165 e. The van der Waals surface area contributed by atoms with E-state index in [1.807, 2.05) is 18.2 Å². The number of halogens is 1. The first-order valence-electron chi connectivity index (χ1n) is 4.25. The van der Waals surface area contributed by atoms with Crippen LogP contribution in [0.25, 0.3) is 16.8 Å². The highest BCUT2D eigenvalue weighted by Gasteiger charge is 2.02. The van der Waals surface area contributed by atoms with Gasteiger partial charge in [-0.15, -0.1) is 0 Å². The summed E-state index contributed by atoms with van der Waals surface area (Å²) in [5.74, 6) is -0.914. The van der Waals surface area contributed by atoms with Crippen LogP contribution in [0.15, 0.2) is 36.9 Å².